The number of hydrogen-bond acceptors (Lipinski definition) is 5. The highest BCUT2D eigenvalue weighted by Crippen LogP contribution is 2.40. The minimum atomic E-state index is -0.179. The maximum atomic E-state index is 11.3. The predicted octanol–water partition coefficient (Wildman–Crippen LogP) is 5.33. The van der Waals surface area contributed by atoms with Gasteiger partial charge in [-0.2, -0.15) is 5.26 Å². The molecule has 0 aromatic heterocycles. The van der Waals surface area contributed by atoms with Crippen molar-refractivity contribution in [3.05, 3.63) is 44.8 Å². The van der Waals surface area contributed by atoms with Crippen LogP contribution in [0.5, 0.6) is 5.75 Å². The molecule has 1 aromatic carbocycles. The van der Waals surface area contributed by atoms with E-state index in [0.29, 0.717) is 31.0 Å². The van der Waals surface area contributed by atoms with Gasteiger partial charge in [-0.25, -0.2) is 0 Å². The van der Waals surface area contributed by atoms with Gasteiger partial charge in [0.25, 0.3) is 0 Å². The quantitative estimate of drug-likeness (QED) is 0.694. The number of thioether (sulfide) groups is 1. The predicted molar refractivity (Wildman–Crippen MR) is 117 cm³/mol. The molecule has 0 atom stereocenters. The van der Waals surface area contributed by atoms with Crippen molar-refractivity contribution in [2.75, 3.05) is 13.1 Å². The lowest BCUT2D eigenvalue weighted by atomic mass is 9.78. The lowest BCUT2D eigenvalue weighted by Crippen LogP contribution is -2.28. The Morgan fingerprint density at radius 2 is 1.75 bits per heavy atom. The highest BCUT2D eigenvalue weighted by Gasteiger charge is 2.26. The molecule has 0 saturated carbocycles. The van der Waals surface area contributed by atoms with Gasteiger partial charge in [0.1, 0.15) is 5.75 Å². The van der Waals surface area contributed by atoms with Gasteiger partial charge in [-0.3, -0.25) is 4.79 Å². The first-order chi connectivity index (χ1) is 13.0. The molecule has 4 nitrogen and oxygen atoms in total. The van der Waals surface area contributed by atoms with Crippen LogP contribution in [0.4, 0.5) is 0 Å². The van der Waals surface area contributed by atoms with E-state index in [1.165, 1.54) is 11.8 Å². The molecule has 1 aliphatic rings. The fraction of sp³-hybridized carbons (Fsp3) is 0.478. The Bertz CT molecular complexity index is 814. The largest absolute Gasteiger partial charge is 0.507 e. The van der Waals surface area contributed by atoms with Crippen LogP contribution in [0.3, 0.4) is 0 Å². The molecule has 0 aliphatic carbocycles. The molecule has 1 N–H and O–H groups in total. The van der Waals surface area contributed by atoms with E-state index in [1.54, 1.807) is 0 Å². The second-order valence-corrected chi connectivity index (χ2v) is 10.2. The van der Waals surface area contributed by atoms with Crippen molar-refractivity contribution in [2.45, 2.75) is 58.8 Å². The number of rotatable bonds is 4. The molecule has 0 amide bonds. The van der Waals surface area contributed by atoms with Crippen LogP contribution in [0.25, 0.3) is 6.08 Å². The summed E-state index contributed by atoms with van der Waals surface area (Å²) in [7, 11) is 0. The van der Waals surface area contributed by atoms with Crippen molar-refractivity contribution < 1.29 is 9.90 Å². The van der Waals surface area contributed by atoms with E-state index in [-0.39, 0.29) is 10.8 Å². The number of benzene rings is 1. The van der Waals surface area contributed by atoms with Gasteiger partial charge in [0, 0.05) is 34.5 Å². The molecule has 0 saturated heterocycles. The Hall–Kier alpha value is -2.19. The number of carbonyl (C=O) groups excluding carboxylic acids is 1. The van der Waals surface area contributed by atoms with Gasteiger partial charge in [-0.05, 0) is 34.6 Å². The number of phenolic OH excluding ortho intramolecular Hbond substituents is 1. The molecule has 0 unspecified atom stereocenters. The van der Waals surface area contributed by atoms with E-state index in [9.17, 15) is 9.90 Å². The molecule has 2 rings (SSSR count). The zero-order valence-corrected chi connectivity index (χ0v) is 18.5. The van der Waals surface area contributed by atoms with Crippen molar-refractivity contribution in [1.29, 1.82) is 5.26 Å². The van der Waals surface area contributed by atoms with E-state index < -0.39 is 0 Å². The summed E-state index contributed by atoms with van der Waals surface area (Å²) >= 11 is 1.54. The van der Waals surface area contributed by atoms with Crippen molar-refractivity contribution in [2.24, 2.45) is 0 Å². The summed E-state index contributed by atoms with van der Waals surface area (Å²) in [6.45, 7) is 13.7. The third-order valence-electron chi connectivity index (χ3n) is 4.73. The molecule has 0 bridgehead atoms. The monoisotopic (exact) mass is 398 g/mol. The van der Waals surface area contributed by atoms with Crippen LogP contribution in [0.2, 0.25) is 0 Å². The zero-order chi connectivity index (χ0) is 21.1. The number of nitriles is 1. The maximum absolute atomic E-state index is 11.3. The minimum Gasteiger partial charge on any atom is -0.507 e. The van der Waals surface area contributed by atoms with Crippen LogP contribution < -0.4 is 0 Å². The van der Waals surface area contributed by atoms with E-state index in [4.69, 9.17) is 5.26 Å². The summed E-state index contributed by atoms with van der Waals surface area (Å²) in [6.07, 6.45) is 3.34. The van der Waals surface area contributed by atoms with E-state index >= 15 is 0 Å². The van der Waals surface area contributed by atoms with Gasteiger partial charge in [0.05, 0.1) is 18.2 Å². The van der Waals surface area contributed by atoms with Crippen molar-refractivity contribution in [1.82, 2.24) is 4.90 Å². The molecule has 1 aromatic rings. The second-order valence-electron chi connectivity index (χ2n) is 9.18. The fourth-order valence-corrected chi connectivity index (χ4v) is 4.08. The van der Waals surface area contributed by atoms with Gasteiger partial charge in [-0.1, -0.05) is 53.3 Å². The van der Waals surface area contributed by atoms with Crippen LogP contribution >= 0.6 is 11.8 Å². The Kier molecular flexibility index (Phi) is 6.67. The number of aldehydes is 1. The number of nitrogens with zero attached hydrogens (tertiary/aromatic N) is 2. The van der Waals surface area contributed by atoms with Gasteiger partial charge >= 0.3 is 0 Å². The molecule has 28 heavy (non-hydrogen) atoms. The number of hydrogen-bond donors (Lipinski definition) is 1. The minimum absolute atomic E-state index is 0.179. The summed E-state index contributed by atoms with van der Waals surface area (Å²) in [5.74, 6) is 0.372. The summed E-state index contributed by atoms with van der Waals surface area (Å²) in [6, 6.07) is 6.24. The van der Waals surface area contributed by atoms with Gasteiger partial charge < -0.3 is 10.0 Å². The third-order valence-corrected chi connectivity index (χ3v) is 5.64. The first-order valence-electron chi connectivity index (χ1n) is 9.50. The molecule has 1 heterocycles. The van der Waals surface area contributed by atoms with E-state index in [2.05, 4.69) is 65.8 Å². The van der Waals surface area contributed by atoms with Gasteiger partial charge in [-0.15, -0.1) is 0 Å². The smallest absolute Gasteiger partial charge is 0.166 e. The molecular formula is C23H30N2O2S. The van der Waals surface area contributed by atoms with Crippen LogP contribution in [-0.2, 0) is 15.6 Å². The molecule has 150 valence electrons. The topological polar surface area (TPSA) is 64.3 Å². The van der Waals surface area contributed by atoms with Gasteiger partial charge in [0.15, 0.2) is 6.29 Å². The Morgan fingerprint density at radius 3 is 2.21 bits per heavy atom. The maximum Gasteiger partial charge on any atom is 0.166 e. The van der Waals surface area contributed by atoms with Crippen LogP contribution in [-0.4, -0.2) is 29.4 Å². The SMILES string of the molecule is CC(C)(C)c1cc(C=C2CN(CCC#N)C(C=O)=CS2)cc(C(C)(C)C)c1O. The standard InChI is InChI=1S/C23H30N2O2S/c1-22(2,3)19-11-16(12-20(21(19)27)23(4,5)6)10-18-13-25(9-7-8-24)17(14-26)15-28-18/h10-12,14-15,27H,7,9,13H2,1-6H3. The highest BCUT2D eigenvalue weighted by molar-refractivity contribution is 8.06. The van der Waals surface area contributed by atoms with Crippen molar-refractivity contribution >= 4 is 24.1 Å². The average molecular weight is 399 g/mol. The zero-order valence-electron chi connectivity index (χ0n) is 17.7. The third kappa shape index (κ3) is 5.20. The van der Waals surface area contributed by atoms with Crippen molar-refractivity contribution in [3.8, 4) is 11.8 Å². The van der Waals surface area contributed by atoms with Crippen LogP contribution in [0.15, 0.2) is 28.1 Å². The molecular weight excluding hydrogens is 368 g/mol. The lowest BCUT2D eigenvalue weighted by molar-refractivity contribution is -0.106. The summed E-state index contributed by atoms with van der Waals surface area (Å²) in [5, 5.41) is 21.6. The lowest BCUT2D eigenvalue weighted by Gasteiger charge is -2.29. The normalized spacial score (nSPS) is 16.7. The van der Waals surface area contributed by atoms with E-state index in [0.717, 1.165) is 27.9 Å². The summed E-state index contributed by atoms with van der Waals surface area (Å²) in [5.41, 5.74) is 3.16. The number of phenols is 1. The second kappa shape index (κ2) is 8.45. The molecule has 0 spiro atoms. The number of aromatic hydroxyl groups is 1. The van der Waals surface area contributed by atoms with Crippen LogP contribution in [0, 0.1) is 11.3 Å². The fourth-order valence-electron chi connectivity index (χ4n) is 3.17. The number of allylic oxidation sites excluding steroid dienone is 1. The highest BCUT2D eigenvalue weighted by atomic mass is 32.2. The average Bonchev–Trinajstić information content (AvgIpc) is 2.59. The summed E-state index contributed by atoms with van der Waals surface area (Å²) in [4.78, 5) is 14.3. The Balaban J connectivity index is 2.49. The number of carbonyl (C=O) groups is 1. The first kappa shape index (κ1) is 22.1. The van der Waals surface area contributed by atoms with Gasteiger partial charge in [0.2, 0.25) is 0 Å². The molecule has 0 fully saturated rings. The summed E-state index contributed by atoms with van der Waals surface area (Å²) < 4.78 is 0. The van der Waals surface area contributed by atoms with Crippen LogP contribution in [0.1, 0.15) is 64.7 Å². The van der Waals surface area contributed by atoms with E-state index in [1.807, 2.05) is 10.3 Å². The first-order valence-corrected chi connectivity index (χ1v) is 10.4. The Morgan fingerprint density at radius 1 is 1.18 bits per heavy atom. The molecule has 0 radical (unpaired) electrons. The Labute approximate surface area is 172 Å². The molecule has 5 heteroatoms. The molecule has 1 aliphatic heterocycles. The van der Waals surface area contributed by atoms with Crippen molar-refractivity contribution in [3.63, 3.8) is 0 Å².